The highest BCUT2D eigenvalue weighted by Gasteiger charge is 2.30. The number of carbonyl (C=O) groups is 3. The van der Waals surface area contributed by atoms with Crippen LogP contribution in [0.15, 0.2) is 24.3 Å². The third-order valence-corrected chi connectivity index (χ3v) is 4.14. The van der Waals surface area contributed by atoms with Gasteiger partial charge in [-0.3, -0.25) is 30.6 Å². The summed E-state index contributed by atoms with van der Waals surface area (Å²) < 4.78 is 5.31. The van der Waals surface area contributed by atoms with Gasteiger partial charge in [0.1, 0.15) is 5.60 Å². The number of rotatable bonds is 3. The normalized spacial score (nSPS) is 14.9. The van der Waals surface area contributed by atoms with Crippen molar-refractivity contribution in [2.45, 2.75) is 39.2 Å². The van der Waals surface area contributed by atoms with E-state index < -0.39 is 22.5 Å². The van der Waals surface area contributed by atoms with Crippen LogP contribution in [0.3, 0.4) is 0 Å². The summed E-state index contributed by atoms with van der Waals surface area (Å²) in [6.07, 6.45) is 0.473. The van der Waals surface area contributed by atoms with Gasteiger partial charge in [-0.2, -0.15) is 0 Å². The number of benzene rings is 1. The molecular formula is C18H24N4O6. The number of nitrogens with one attached hydrogen (secondary N) is 2. The van der Waals surface area contributed by atoms with Gasteiger partial charge in [0.15, 0.2) is 0 Å². The Balaban J connectivity index is 1.81. The van der Waals surface area contributed by atoms with E-state index in [-0.39, 0.29) is 23.1 Å². The number of likely N-dealkylation sites (tertiary alicyclic amines) is 1. The molecule has 2 rings (SSSR count). The van der Waals surface area contributed by atoms with Crippen LogP contribution in [0, 0.1) is 16.0 Å². The van der Waals surface area contributed by atoms with Crippen LogP contribution in [0.25, 0.3) is 0 Å². The molecule has 10 nitrogen and oxygen atoms in total. The second-order valence-electron chi connectivity index (χ2n) is 7.49. The van der Waals surface area contributed by atoms with Crippen LogP contribution in [0.2, 0.25) is 0 Å². The molecule has 0 unspecified atom stereocenters. The minimum atomic E-state index is -0.650. The fraction of sp³-hybridized carbons (Fsp3) is 0.500. The first kappa shape index (κ1) is 21.1. The standard InChI is InChI=1S/C18H24N4O6/c1-18(2,3)28-17(25)21-9-7-12(8-10-21)15(23)19-20-16(24)13-5-4-6-14(11-13)22(26)27/h4-6,11-12H,7-10H2,1-3H3,(H,19,23)(H,20,24). The van der Waals surface area contributed by atoms with Gasteiger partial charge >= 0.3 is 6.09 Å². The first-order valence-electron chi connectivity index (χ1n) is 8.89. The second kappa shape index (κ2) is 8.68. The van der Waals surface area contributed by atoms with Crippen molar-refractivity contribution in [2.75, 3.05) is 13.1 Å². The smallest absolute Gasteiger partial charge is 0.410 e. The topological polar surface area (TPSA) is 131 Å². The minimum Gasteiger partial charge on any atom is -0.444 e. The van der Waals surface area contributed by atoms with E-state index in [1.807, 2.05) is 0 Å². The molecule has 1 heterocycles. The number of hydrogen-bond donors (Lipinski definition) is 2. The number of carbonyl (C=O) groups excluding carboxylic acids is 3. The lowest BCUT2D eigenvalue weighted by atomic mass is 9.96. The number of nitro benzene ring substituents is 1. The number of ether oxygens (including phenoxy) is 1. The average Bonchev–Trinajstić information content (AvgIpc) is 2.64. The predicted octanol–water partition coefficient (Wildman–Crippen LogP) is 2.00. The number of non-ortho nitro benzene ring substituents is 1. The molecule has 0 atom stereocenters. The van der Waals surface area contributed by atoms with Crippen LogP contribution in [-0.2, 0) is 9.53 Å². The summed E-state index contributed by atoms with van der Waals surface area (Å²) in [5.74, 6) is -1.38. The Morgan fingerprint density at radius 2 is 1.82 bits per heavy atom. The van der Waals surface area contributed by atoms with Crippen molar-refractivity contribution in [1.82, 2.24) is 15.8 Å². The molecule has 10 heteroatoms. The molecule has 0 spiro atoms. The minimum absolute atomic E-state index is 0.0641. The number of nitro groups is 1. The molecule has 152 valence electrons. The van der Waals surface area contributed by atoms with Crippen molar-refractivity contribution in [2.24, 2.45) is 5.92 Å². The maximum atomic E-state index is 12.2. The lowest BCUT2D eigenvalue weighted by Crippen LogP contribution is -2.48. The van der Waals surface area contributed by atoms with Gasteiger partial charge in [0.05, 0.1) is 4.92 Å². The zero-order valence-corrected chi connectivity index (χ0v) is 16.1. The number of piperidine rings is 1. The van der Waals surface area contributed by atoms with Crippen LogP contribution in [0.4, 0.5) is 10.5 Å². The molecule has 1 aromatic carbocycles. The van der Waals surface area contributed by atoms with E-state index in [2.05, 4.69) is 10.9 Å². The van der Waals surface area contributed by atoms with Crippen LogP contribution < -0.4 is 10.9 Å². The highest BCUT2D eigenvalue weighted by molar-refractivity contribution is 5.96. The SMILES string of the molecule is CC(C)(C)OC(=O)N1CCC(C(=O)NNC(=O)c2cccc([N+](=O)[O-])c2)CC1. The van der Waals surface area contributed by atoms with Crippen molar-refractivity contribution >= 4 is 23.6 Å². The maximum absolute atomic E-state index is 12.2. The zero-order valence-electron chi connectivity index (χ0n) is 16.1. The lowest BCUT2D eigenvalue weighted by Gasteiger charge is -2.32. The van der Waals surface area contributed by atoms with Crippen molar-refractivity contribution in [3.8, 4) is 0 Å². The molecule has 1 aliphatic heterocycles. The molecule has 0 aliphatic carbocycles. The van der Waals surface area contributed by atoms with E-state index in [1.54, 1.807) is 25.7 Å². The van der Waals surface area contributed by atoms with Crippen LogP contribution in [0.5, 0.6) is 0 Å². The van der Waals surface area contributed by atoms with Crippen molar-refractivity contribution in [1.29, 1.82) is 0 Å². The molecular weight excluding hydrogens is 368 g/mol. The highest BCUT2D eigenvalue weighted by Crippen LogP contribution is 2.20. The van der Waals surface area contributed by atoms with E-state index in [0.717, 1.165) is 6.07 Å². The molecule has 1 aromatic rings. The van der Waals surface area contributed by atoms with E-state index in [1.165, 1.54) is 18.2 Å². The van der Waals surface area contributed by atoms with E-state index in [4.69, 9.17) is 4.74 Å². The monoisotopic (exact) mass is 392 g/mol. The van der Waals surface area contributed by atoms with E-state index in [9.17, 15) is 24.5 Å². The summed E-state index contributed by atoms with van der Waals surface area (Å²) in [7, 11) is 0. The fourth-order valence-corrected chi connectivity index (χ4v) is 2.70. The summed E-state index contributed by atoms with van der Waals surface area (Å²) in [5, 5.41) is 10.8. The van der Waals surface area contributed by atoms with Crippen molar-refractivity contribution in [3.05, 3.63) is 39.9 Å². The van der Waals surface area contributed by atoms with Crippen LogP contribution in [0.1, 0.15) is 44.0 Å². The summed E-state index contributed by atoms with van der Waals surface area (Å²) >= 11 is 0. The third-order valence-electron chi connectivity index (χ3n) is 4.14. The molecule has 1 aliphatic rings. The Bertz CT molecular complexity index is 766. The van der Waals surface area contributed by atoms with Crippen LogP contribution >= 0.6 is 0 Å². The molecule has 0 saturated carbocycles. The van der Waals surface area contributed by atoms with Gasteiger partial charge in [-0.05, 0) is 39.7 Å². The van der Waals surface area contributed by atoms with Crippen molar-refractivity contribution in [3.63, 3.8) is 0 Å². The molecule has 1 saturated heterocycles. The number of hydrogen-bond acceptors (Lipinski definition) is 6. The van der Waals surface area contributed by atoms with Crippen LogP contribution in [-0.4, -0.2) is 46.4 Å². The van der Waals surface area contributed by atoms with Gasteiger partial charge in [0, 0.05) is 36.7 Å². The molecule has 0 bridgehead atoms. The first-order valence-corrected chi connectivity index (χ1v) is 8.89. The summed E-state index contributed by atoms with van der Waals surface area (Å²) in [6.45, 7) is 6.12. The molecule has 2 N–H and O–H groups in total. The maximum Gasteiger partial charge on any atom is 0.410 e. The quantitative estimate of drug-likeness (QED) is 0.597. The average molecular weight is 392 g/mol. The third kappa shape index (κ3) is 5.93. The molecule has 28 heavy (non-hydrogen) atoms. The lowest BCUT2D eigenvalue weighted by molar-refractivity contribution is -0.384. The Morgan fingerprint density at radius 3 is 2.39 bits per heavy atom. The van der Waals surface area contributed by atoms with Gasteiger partial charge < -0.3 is 9.64 Å². The largest absolute Gasteiger partial charge is 0.444 e. The van der Waals surface area contributed by atoms with Gasteiger partial charge in [0.25, 0.3) is 11.6 Å². The van der Waals surface area contributed by atoms with Gasteiger partial charge in [0.2, 0.25) is 5.91 Å². The second-order valence-corrected chi connectivity index (χ2v) is 7.49. The zero-order chi connectivity index (χ0) is 20.9. The Labute approximate surface area is 162 Å². The van der Waals surface area contributed by atoms with E-state index in [0.29, 0.717) is 25.9 Å². The fourth-order valence-electron chi connectivity index (χ4n) is 2.70. The van der Waals surface area contributed by atoms with Gasteiger partial charge in [-0.1, -0.05) is 6.07 Å². The van der Waals surface area contributed by atoms with Gasteiger partial charge in [-0.25, -0.2) is 4.79 Å². The molecule has 1 fully saturated rings. The Hall–Kier alpha value is -3.17. The Kier molecular flexibility index (Phi) is 6.55. The molecule has 3 amide bonds. The molecule has 0 radical (unpaired) electrons. The summed E-state index contributed by atoms with van der Waals surface area (Å²) in [6, 6.07) is 5.20. The number of hydrazine groups is 1. The number of nitrogens with zero attached hydrogens (tertiary/aromatic N) is 2. The Morgan fingerprint density at radius 1 is 1.18 bits per heavy atom. The summed E-state index contributed by atoms with van der Waals surface area (Å²) in [5.41, 5.74) is 3.87. The van der Waals surface area contributed by atoms with Crippen molar-refractivity contribution < 1.29 is 24.0 Å². The van der Waals surface area contributed by atoms with E-state index >= 15 is 0 Å². The highest BCUT2D eigenvalue weighted by atomic mass is 16.6. The predicted molar refractivity (Wildman–Crippen MR) is 99.2 cm³/mol. The number of amides is 3. The summed E-state index contributed by atoms with van der Waals surface area (Å²) in [4.78, 5) is 48.1. The first-order chi connectivity index (χ1) is 13.1. The van der Waals surface area contributed by atoms with Gasteiger partial charge in [-0.15, -0.1) is 0 Å². The molecule has 0 aromatic heterocycles.